The van der Waals surface area contributed by atoms with Crippen LogP contribution in [0.2, 0.25) is 0 Å². The number of aryl methyl sites for hydroxylation is 2. The van der Waals surface area contributed by atoms with Crippen molar-refractivity contribution in [3.8, 4) is 0 Å². The smallest absolute Gasteiger partial charge is 0.344 e. The van der Waals surface area contributed by atoms with Crippen LogP contribution in [0.5, 0.6) is 0 Å². The maximum atomic E-state index is 12.9. The van der Waals surface area contributed by atoms with Crippen molar-refractivity contribution in [2.24, 2.45) is 0 Å². The molecule has 2 N–H and O–H groups in total. The van der Waals surface area contributed by atoms with Gasteiger partial charge in [-0.05, 0) is 43.9 Å². The summed E-state index contributed by atoms with van der Waals surface area (Å²) >= 11 is 0. The van der Waals surface area contributed by atoms with E-state index >= 15 is 0 Å². The predicted molar refractivity (Wildman–Crippen MR) is 109 cm³/mol. The third-order valence-corrected chi connectivity index (χ3v) is 5.56. The fraction of sp³-hybridized carbons (Fsp3) is 0.318. The molecule has 29 heavy (non-hydrogen) atoms. The van der Waals surface area contributed by atoms with Crippen molar-refractivity contribution in [2.75, 3.05) is 18.0 Å². The summed E-state index contributed by atoms with van der Waals surface area (Å²) in [6.45, 7) is 4.52. The van der Waals surface area contributed by atoms with Crippen LogP contribution in [0.25, 0.3) is 0 Å². The molecule has 4 amide bonds. The zero-order valence-corrected chi connectivity index (χ0v) is 16.6. The summed E-state index contributed by atoms with van der Waals surface area (Å²) in [5.41, 5.74) is 5.38. The van der Waals surface area contributed by atoms with Gasteiger partial charge in [0.1, 0.15) is 5.54 Å². The highest BCUT2D eigenvalue weighted by Crippen LogP contribution is 2.29. The van der Waals surface area contributed by atoms with Crippen LogP contribution < -0.4 is 15.6 Å². The number of imide groups is 1. The first-order chi connectivity index (χ1) is 13.9. The van der Waals surface area contributed by atoms with Gasteiger partial charge in [-0.3, -0.25) is 15.0 Å². The molecule has 2 aliphatic heterocycles. The first-order valence-corrected chi connectivity index (χ1v) is 9.75. The van der Waals surface area contributed by atoms with Crippen molar-refractivity contribution in [2.45, 2.75) is 32.2 Å². The summed E-state index contributed by atoms with van der Waals surface area (Å²) in [4.78, 5) is 40.0. The van der Waals surface area contributed by atoms with E-state index in [1.807, 2.05) is 30.0 Å². The van der Waals surface area contributed by atoms with E-state index in [-0.39, 0.29) is 6.54 Å². The van der Waals surface area contributed by atoms with E-state index in [9.17, 15) is 14.4 Å². The lowest BCUT2D eigenvalue weighted by atomic mass is 9.92. The van der Waals surface area contributed by atoms with Crippen LogP contribution in [-0.2, 0) is 21.5 Å². The van der Waals surface area contributed by atoms with Gasteiger partial charge in [-0.25, -0.2) is 4.79 Å². The van der Waals surface area contributed by atoms with Gasteiger partial charge in [0.25, 0.3) is 11.8 Å². The van der Waals surface area contributed by atoms with Gasteiger partial charge in [-0.2, -0.15) is 5.01 Å². The molecule has 0 bridgehead atoms. The second-order valence-corrected chi connectivity index (χ2v) is 7.75. The molecule has 7 heteroatoms. The van der Waals surface area contributed by atoms with Crippen LogP contribution >= 0.6 is 0 Å². The summed E-state index contributed by atoms with van der Waals surface area (Å²) in [7, 11) is 0. The van der Waals surface area contributed by atoms with Crippen molar-refractivity contribution >= 4 is 23.5 Å². The molecule has 2 heterocycles. The third kappa shape index (κ3) is 3.44. The number of anilines is 1. The Kier molecular flexibility index (Phi) is 4.74. The highest BCUT2D eigenvalue weighted by atomic mass is 16.2. The fourth-order valence-electron chi connectivity index (χ4n) is 4.01. The average Bonchev–Trinajstić information content (AvgIpc) is 2.92. The number of hydrogen-bond acceptors (Lipinski definition) is 4. The van der Waals surface area contributed by atoms with E-state index in [0.29, 0.717) is 5.56 Å². The topological polar surface area (TPSA) is 81.8 Å². The lowest BCUT2D eigenvalue weighted by molar-refractivity contribution is -0.138. The Morgan fingerprint density at radius 1 is 1.17 bits per heavy atom. The minimum atomic E-state index is -1.21. The summed E-state index contributed by atoms with van der Waals surface area (Å²) in [6.07, 6.45) is 1.94. The second kappa shape index (κ2) is 7.24. The first kappa shape index (κ1) is 19.0. The van der Waals surface area contributed by atoms with Gasteiger partial charge in [0, 0.05) is 12.2 Å². The fourth-order valence-corrected chi connectivity index (χ4v) is 4.01. The van der Waals surface area contributed by atoms with E-state index < -0.39 is 23.4 Å². The molecule has 2 aromatic rings. The number of nitrogens with zero attached hydrogens (tertiary/aromatic N) is 2. The third-order valence-electron chi connectivity index (χ3n) is 5.56. The van der Waals surface area contributed by atoms with Gasteiger partial charge in [-0.1, -0.05) is 48.0 Å². The predicted octanol–water partition coefficient (Wildman–Crippen LogP) is 2.25. The SMILES string of the molecule is Cc1ccc2c(c1)CCCN2CC(=O)NN1C(=O)N[C@](C)(c2ccccc2)C1=O. The Bertz CT molecular complexity index is 975. The normalized spacial score (nSPS) is 21.0. The molecule has 0 aromatic heterocycles. The molecule has 2 aliphatic rings. The Morgan fingerprint density at radius 3 is 2.69 bits per heavy atom. The summed E-state index contributed by atoms with van der Waals surface area (Å²) < 4.78 is 0. The minimum Gasteiger partial charge on any atom is -0.362 e. The number of amides is 4. The lowest BCUT2D eigenvalue weighted by Crippen LogP contribution is -2.51. The Labute approximate surface area is 169 Å². The lowest BCUT2D eigenvalue weighted by Gasteiger charge is -2.31. The van der Waals surface area contributed by atoms with Gasteiger partial charge in [0.15, 0.2) is 0 Å². The molecule has 1 fully saturated rings. The molecular formula is C22H24N4O3. The zero-order valence-electron chi connectivity index (χ0n) is 16.6. The molecule has 0 spiro atoms. The first-order valence-electron chi connectivity index (χ1n) is 9.75. The Hall–Kier alpha value is -3.35. The van der Waals surface area contributed by atoms with E-state index in [0.717, 1.165) is 30.1 Å². The van der Waals surface area contributed by atoms with E-state index in [1.54, 1.807) is 31.2 Å². The van der Waals surface area contributed by atoms with Crippen molar-refractivity contribution in [3.05, 3.63) is 65.2 Å². The number of hydrazine groups is 1. The number of carbonyl (C=O) groups excluding carboxylic acids is 3. The summed E-state index contributed by atoms with van der Waals surface area (Å²) in [5.74, 6) is -0.907. The minimum absolute atomic E-state index is 0.0785. The quantitative estimate of drug-likeness (QED) is 0.782. The van der Waals surface area contributed by atoms with Crippen molar-refractivity contribution in [1.82, 2.24) is 15.8 Å². The molecule has 0 radical (unpaired) electrons. The average molecular weight is 392 g/mol. The monoisotopic (exact) mass is 392 g/mol. The number of nitrogens with one attached hydrogen (secondary N) is 2. The number of rotatable bonds is 4. The van der Waals surface area contributed by atoms with Gasteiger partial charge < -0.3 is 10.2 Å². The van der Waals surface area contributed by atoms with Gasteiger partial charge in [0.05, 0.1) is 6.54 Å². The molecule has 1 saturated heterocycles. The number of benzene rings is 2. The maximum Gasteiger partial charge on any atom is 0.344 e. The highest BCUT2D eigenvalue weighted by molar-refractivity contribution is 6.08. The summed E-state index contributed by atoms with van der Waals surface area (Å²) in [6, 6.07) is 14.5. The molecule has 4 rings (SSSR count). The molecular weight excluding hydrogens is 368 g/mol. The second-order valence-electron chi connectivity index (χ2n) is 7.75. The van der Waals surface area contributed by atoms with E-state index in [2.05, 4.69) is 16.8 Å². The van der Waals surface area contributed by atoms with Crippen LogP contribution in [0.1, 0.15) is 30.0 Å². The van der Waals surface area contributed by atoms with Crippen molar-refractivity contribution in [3.63, 3.8) is 0 Å². The van der Waals surface area contributed by atoms with Crippen LogP contribution in [0, 0.1) is 6.92 Å². The van der Waals surface area contributed by atoms with E-state index in [1.165, 1.54) is 11.1 Å². The zero-order chi connectivity index (χ0) is 20.6. The molecule has 0 saturated carbocycles. The van der Waals surface area contributed by atoms with Crippen molar-refractivity contribution in [1.29, 1.82) is 0 Å². The number of fused-ring (bicyclic) bond motifs is 1. The number of urea groups is 1. The number of carbonyl (C=O) groups is 3. The van der Waals surface area contributed by atoms with Crippen LogP contribution in [0.4, 0.5) is 10.5 Å². The largest absolute Gasteiger partial charge is 0.362 e. The Balaban J connectivity index is 1.47. The highest BCUT2D eigenvalue weighted by Gasteiger charge is 2.50. The number of hydrogen-bond donors (Lipinski definition) is 2. The molecule has 150 valence electrons. The molecule has 7 nitrogen and oxygen atoms in total. The van der Waals surface area contributed by atoms with Crippen molar-refractivity contribution < 1.29 is 14.4 Å². The standard InChI is InChI=1S/C22H24N4O3/c1-15-10-11-18-16(13-15)7-6-12-25(18)14-19(27)24-26-20(28)22(2,23-21(26)29)17-8-4-3-5-9-17/h3-5,8-11,13H,6-7,12,14H2,1-2H3,(H,23,29)(H,24,27)/t22-/m1/s1. The Morgan fingerprint density at radius 2 is 1.93 bits per heavy atom. The van der Waals surface area contributed by atoms with Crippen LogP contribution in [0.3, 0.4) is 0 Å². The maximum absolute atomic E-state index is 12.9. The van der Waals surface area contributed by atoms with Gasteiger partial charge >= 0.3 is 6.03 Å². The van der Waals surface area contributed by atoms with Crippen LogP contribution in [-0.4, -0.2) is 35.9 Å². The van der Waals surface area contributed by atoms with Crippen LogP contribution in [0.15, 0.2) is 48.5 Å². The van der Waals surface area contributed by atoms with Gasteiger partial charge in [0.2, 0.25) is 0 Å². The summed E-state index contributed by atoms with van der Waals surface area (Å²) in [5, 5.41) is 3.47. The molecule has 2 aromatic carbocycles. The van der Waals surface area contributed by atoms with E-state index in [4.69, 9.17) is 0 Å². The molecule has 1 atom stereocenters. The molecule has 0 unspecified atom stereocenters. The molecule has 0 aliphatic carbocycles. The van der Waals surface area contributed by atoms with Gasteiger partial charge in [-0.15, -0.1) is 0 Å².